The lowest BCUT2D eigenvalue weighted by atomic mass is 10.1. The van der Waals surface area contributed by atoms with E-state index in [2.05, 4.69) is 14.8 Å². The third-order valence-electron chi connectivity index (χ3n) is 7.69. The van der Waals surface area contributed by atoms with Gasteiger partial charge in [-0.15, -0.1) is 0 Å². The van der Waals surface area contributed by atoms with Crippen molar-refractivity contribution in [1.82, 2.24) is 14.5 Å². The maximum absolute atomic E-state index is 15.9. The van der Waals surface area contributed by atoms with Crippen LogP contribution in [0.5, 0.6) is 0 Å². The summed E-state index contributed by atoms with van der Waals surface area (Å²) < 4.78 is 37.7. The molecule has 200 valence electrons. The van der Waals surface area contributed by atoms with Gasteiger partial charge in [-0.05, 0) is 61.7 Å². The van der Waals surface area contributed by atoms with Gasteiger partial charge in [-0.25, -0.2) is 18.7 Å². The zero-order valence-electron chi connectivity index (χ0n) is 21.6. The van der Waals surface area contributed by atoms with Crippen LogP contribution in [-0.4, -0.2) is 60.0 Å². The second-order valence-corrected chi connectivity index (χ2v) is 10.2. The summed E-state index contributed by atoms with van der Waals surface area (Å²) in [7, 11) is 1.69. The van der Waals surface area contributed by atoms with Gasteiger partial charge in [0.15, 0.2) is 5.65 Å². The Morgan fingerprint density at radius 1 is 1.00 bits per heavy atom. The molecule has 10 heteroatoms. The number of nitrogens with zero attached hydrogens (tertiary/aromatic N) is 6. The average molecular weight is 530 g/mol. The number of pyridine rings is 1. The Morgan fingerprint density at radius 2 is 1.87 bits per heavy atom. The minimum absolute atomic E-state index is 0.0458. The van der Waals surface area contributed by atoms with E-state index >= 15 is 4.39 Å². The number of hydrogen-bond donors (Lipinski definition) is 1. The monoisotopic (exact) mass is 529 g/mol. The lowest BCUT2D eigenvalue weighted by Gasteiger charge is -2.32. The van der Waals surface area contributed by atoms with E-state index in [1.165, 1.54) is 18.2 Å². The van der Waals surface area contributed by atoms with E-state index < -0.39 is 11.6 Å². The SMILES string of the molecule is CO[C@H]1CCN(c2ccc(-n3c(-c4ccc(C#N)c(F)c4)nc4c(N5CCC[C@H](N)C5)ccnc43)c(F)c2)C1. The summed E-state index contributed by atoms with van der Waals surface area (Å²) in [5.74, 6) is -0.779. The molecule has 2 aromatic heterocycles. The normalized spacial score (nSPS) is 19.6. The highest BCUT2D eigenvalue weighted by atomic mass is 19.1. The molecule has 6 rings (SSSR count). The standard InChI is InChI=1S/C29H29F2N7O/c1-39-22-9-12-36(17-22)21-6-7-25(24(31)14-21)38-28(18-4-5-19(15-32)23(30)13-18)35-27-26(8-10-34-29(27)38)37-11-2-3-20(33)16-37/h4-8,10,13-14,20,22H,2-3,9,11-12,16-17,33H2,1H3/t20-,22-/m0/s1. The van der Waals surface area contributed by atoms with Gasteiger partial charge in [-0.3, -0.25) is 4.57 Å². The number of aromatic nitrogens is 3. The molecule has 2 atom stereocenters. The van der Waals surface area contributed by atoms with E-state index in [0.29, 0.717) is 35.6 Å². The summed E-state index contributed by atoms with van der Waals surface area (Å²) in [6.45, 7) is 2.97. The van der Waals surface area contributed by atoms with Crippen LogP contribution in [0, 0.1) is 23.0 Å². The van der Waals surface area contributed by atoms with Gasteiger partial charge in [0.1, 0.15) is 29.0 Å². The first-order valence-electron chi connectivity index (χ1n) is 13.1. The molecule has 0 unspecified atom stereocenters. The second kappa shape index (κ2) is 10.2. The number of anilines is 2. The number of benzene rings is 2. The molecule has 0 saturated carbocycles. The Balaban J connectivity index is 1.51. The maximum atomic E-state index is 15.9. The van der Waals surface area contributed by atoms with Gasteiger partial charge in [-0.1, -0.05) is 0 Å². The van der Waals surface area contributed by atoms with Crippen LogP contribution in [0.4, 0.5) is 20.2 Å². The summed E-state index contributed by atoms with van der Waals surface area (Å²) in [5.41, 5.74) is 9.51. The fourth-order valence-corrected chi connectivity index (χ4v) is 5.64. The van der Waals surface area contributed by atoms with Gasteiger partial charge in [0.2, 0.25) is 0 Å². The van der Waals surface area contributed by atoms with Crippen molar-refractivity contribution in [2.45, 2.75) is 31.4 Å². The molecule has 39 heavy (non-hydrogen) atoms. The predicted molar refractivity (Wildman–Crippen MR) is 146 cm³/mol. The van der Waals surface area contributed by atoms with Gasteiger partial charge in [0, 0.05) is 56.8 Å². The van der Waals surface area contributed by atoms with E-state index in [-0.39, 0.29) is 23.4 Å². The van der Waals surface area contributed by atoms with Crippen LogP contribution in [0.1, 0.15) is 24.8 Å². The molecule has 2 aromatic carbocycles. The van der Waals surface area contributed by atoms with Crippen molar-refractivity contribution >= 4 is 22.5 Å². The first kappa shape index (κ1) is 25.2. The van der Waals surface area contributed by atoms with Crippen molar-refractivity contribution in [3.63, 3.8) is 0 Å². The molecular weight excluding hydrogens is 500 g/mol. The fourth-order valence-electron chi connectivity index (χ4n) is 5.64. The molecule has 4 aromatic rings. The van der Waals surface area contributed by atoms with Crippen molar-refractivity contribution in [2.24, 2.45) is 5.73 Å². The number of methoxy groups -OCH3 is 1. The predicted octanol–water partition coefficient (Wildman–Crippen LogP) is 4.39. The Bertz CT molecular complexity index is 1580. The molecule has 2 fully saturated rings. The Labute approximate surface area is 225 Å². The summed E-state index contributed by atoms with van der Waals surface area (Å²) in [4.78, 5) is 13.8. The highest BCUT2D eigenvalue weighted by Gasteiger charge is 2.26. The lowest BCUT2D eigenvalue weighted by molar-refractivity contribution is 0.121. The minimum atomic E-state index is -0.665. The number of hydrogen-bond acceptors (Lipinski definition) is 7. The van der Waals surface area contributed by atoms with Crippen molar-refractivity contribution in [3.8, 4) is 23.1 Å². The molecule has 0 aliphatic carbocycles. The number of nitriles is 1. The van der Waals surface area contributed by atoms with E-state index in [4.69, 9.17) is 15.5 Å². The van der Waals surface area contributed by atoms with Crippen molar-refractivity contribution < 1.29 is 13.5 Å². The zero-order valence-corrected chi connectivity index (χ0v) is 21.6. The van der Waals surface area contributed by atoms with Gasteiger partial charge in [0.05, 0.1) is 23.0 Å². The first-order valence-corrected chi connectivity index (χ1v) is 13.1. The Kier molecular flexibility index (Phi) is 6.62. The molecule has 2 aliphatic rings. The number of ether oxygens (including phenoxy) is 1. The van der Waals surface area contributed by atoms with E-state index in [9.17, 15) is 9.65 Å². The molecular formula is C29H29F2N7O. The minimum Gasteiger partial charge on any atom is -0.380 e. The summed E-state index contributed by atoms with van der Waals surface area (Å²) >= 11 is 0. The van der Waals surface area contributed by atoms with Crippen LogP contribution in [-0.2, 0) is 4.74 Å². The van der Waals surface area contributed by atoms with Crippen LogP contribution < -0.4 is 15.5 Å². The second-order valence-electron chi connectivity index (χ2n) is 10.2. The fraction of sp³-hybridized carbons (Fsp3) is 0.345. The lowest BCUT2D eigenvalue weighted by Crippen LogP contribution is -2.42. The number of nitrogens with two attached hydrogens (primary N) is 1. The summed E-state index contributed by atoms with van der Waals surface area (Å²) in [6, 6.07) is 13.2. The van der Waals surface area contributed by atoms with Gasteiger partial charge in [0.25, 0.3) is 0 Å². The van der Waals surface area contributed by atoms with Crippen LogP contribution in [0.2, 0.25) is 0 Å². The third-order valence-corrected chi connectivity index (χ3v) is 7.69. The maximum Gasteiger partial charge on any atom is 0.167 e. The molecule has 0 spiro atoms. The molecule has 0 amide bonds. The number of piperidine rings is 1. The topological polar surface area (TPSA) is 96.2 Å². The zero-order chi connectivity index (χ0) is 27.1. The molecule has 2 saturated heterocycles. The molecule has 2 aliphatic heterocycles. The van der Waals surface area contributed by atoms with Gasteiger partial charge >= 0.3 is 0 Å². The number of rotatable bonds is 5. The number of imidazole rings is 1. The third kappa shape index (κ3) is 4.58. The highest BCUT2D eigenvalue weighted by molar-refractivity contribution is 5.90. The Morgan fingerprint density at radius 3 is 2.59 bits per heavy atom. The van der Waals surface area contributed by atoms with Crippen LogP contribution in [0.3, 0.4) is 0 Å². The van der Waals surface area contributed by atoms with Crippen molar-refractivity contribution in [3.05, 3.63) is 65.9 Å². The first-order chi connectivity index (χ1) is 19.0. The molecule has 2 N–H and O–H groups in total. The van der Waals surface area contributed by atoms with Crippen LogP contribution in [0.25, 0.3) is 28.2 Å². The molecule has 8 nitrogen and oxygen atoms in total. The number of halogens is 2. The Hall–Kier alpha value is -4.07. The quantitative estimate of drug-likeness (QED) is 0.410. The van der Waals surface area contributed by atoms with Gasteiger partial charge in [-0.2, -0.15) is 5.26 Å². The highest BCUT2D eigenvalue weighted by Crippen LogP contribution is 2.35. The average Bonchev–Trinajstić information content (AvgIpc) is 3.58. The smallest absolute Gasteiger partial charge is 0.167 e. The van der Waals surface area contributed by atoms with Crippen LogP contribution >= 0.6 is 0 Å². The molecule has 0 bridgehead atoms. The van der Waals surface area contributed by atoms with E-state index in [1.54, 1.807) is 30.0 Å². The van der Waals surface area contributed by atoms with Gasteiger partial charge < -0.3 is 20.3 Å². The summed E-state index contributed by atoms with van der Waals surface area (Å²) in [5, 5.41) is 9.22. The molecule has 0 radical (unpaired) electrons. The largest absolute Gasteiger partial charge is 0.380 e. The number of fused-ring (bicyclic) bond motifs is 1. The molecule has 4 heterocycles. The van der Waals surface area contributed by atoms with E-state index in [1.807, 2.05) is 18.2 Å². The van der Waals surface area contributed by atoms with Crippen molar-refractivity contribution in [1.29, 1.82) is 5.26 Å². The van der Waals surface area contributed by atoms with E-state index in [0.717, 1.165) is 43.7 Å². The summed E-state index contributed by atoms with van der Waals surface area (Å²) in [6.07, 6.45) is 4.59. The van der Waals surface area contributed by atoms with Crippen LogP contribution in [0.15, 0.2) is 48.7 Å². The van der Waals surface area contributed by atoms with Crippen molar-refractivity contribution in [2.75, 3.05) is 43.1 Å².